The van der Waals surface area contributed by atoms with Crippen molar-refractivity contribution in [3.8, 4) is 79.1 Å². The molecule has 0 amide bonds. The van der Waals surface area contributed by atoms with Crippen LogP contribution in [0.15, 0.2) is 176 Å². The highest BCUT2D eigenvalue weighted by molar-refractivity contribution is 5.73. The van der Waals surface area contributed by atoms with Crippen molar-refractivity contribution in [1.29, 1.82) is 0 Å². The average Bonchev–Trinajstić information content (AvgIpc) is 3.19. The van der Waals surface area contributed by atoms with Gasteiger partial charge < -0.3 is 0 Å². The molecule has 0 bridgehead atoms. The zero-order valence-corrected chi connectivity index (χ0v) is 26.0. The summed E-state index contributed by atoms with van der Waals surface area (Å²) in [6.45, 7) is 0. The molecule has 0 aliphatic carbocycles. The predicted octanol–water partition coefficient (Wildman–Crippen LogP) is 10.3. The standard InChI is InChI=1S/C43H29N5/c1-3-10-30(11-4-1)32-17-23-35(24-18-32)41-46-42(36-25-19-33(20-26-36)31-12-5-2-6-13-31)48-43(47-41)37-27-21-34(22-28-37)38-15-9-16-40(45-38)39-14-7-8-29-44-39/h1-29H. The lowest BCUT2D eigenvalue weighted by Gasteiger charge is -2.10. The van der Waals surface area contributed by atoms with Crippen molar-refractivity contribution in [2.45, 2.75) is 0 Å². The second-order valence-electron chi connectivity index (χ2n) is 11.4. The Bertz CT molecular complexity index is 2190. The number of rotatable bonds is 7. The van der Waals surface area contributed by atoms with E-state index in [2.05, 4.69) is 114 Å². The van der Waals surface area contributed by atoms with Crippen LogP contribution in [0.1, 0.15) is 0 Å². The van der Waals surface area contributed by atoms with Crippen LogP contribution >= 0.6 is 0 Å². The lowest BCUT2D eigenvalue weighted by Crippen LogP contribution is -2.00. The van der Waals surface area contributed by atoms with E-state index >= 15 is 0 Å². The highest BCUT2D eigenvalue weighted by Gasteiger charge is 2.14. The van der Waals surface area contributed by atoms with Crippen molar-refractivity contribution >= 4 is 0 Å². The van der Waals surface area contributed by atoms with Crippen LogP contribution < -0.4 is 0 Å². The second-order valence-corrected chi connectivity index (χ2v) is 11.4. The molecule has 0 atom stereocenters. The number of aromatic nitrogens is 5. The van der Waals surface area contributed by atoms with Gasteiger partial charge in [-0.2, -0.15) is 0 Å². The van der Waals surface area contributed by atoms with E-state index in [0.717, 1.165) is 50.5 Å². The molecule has 0 saturated carbocycles. The third-order valence-corrected chi connectivity index (χ3v) is 8.25. The fourth-order valence-corrected chi connectivity index (χ4v) is 5.69. The van der Waals surface area contributed by atoms with Gasteiger partial charge in [-0.15, -0.1) is 0 Å². The van der Waals surface area contributed by atoms with Crippen molar-refractivity contribution in [3.05, 3.63) is 176 Å². The van der Waals surface area contributed by atoms with Gasteiger partial charge in [-0.3, -0.25) is 4.98 Å². The summed E-state index contributed by atoms with van der Waals surface area (Å²) in [5.74, 6) is 1.85. The first-order valence-corrected chi connectivity index (χ1v) is 15.8. The van der Waals surface area contributed by atoms with Crippen molar-refractivity contribution in [2.24, 2.45) is 0 Å². The molecule has 3 aromatic heterocycles. The Kier molecular flexibility index (Phi) is 7.83. The van der Waals surface area contributed by atoms with E-state index in [-0.39, 0.29) is 0 Å². The van der Waals surface area contributed by atoms with Crippen LogP contribution in [0, 0.1) is 0 Å². The Hall–Kier alpha value is -6.59. The molecule has 5 nitrogen and oxygen atoms in total. The Morgan fingerprint density at radius 2 is 0.604 bits per heavy atom. The summed E-state index contributed by atoms with van der Waals surface area (Å²) in [6.07, 6.45) is 1.78. The normalized spacial score (nSPS) is 10.9. The molecule has 0 aliphatic heterocycles. The molecule has 0 unspecified atom stereocenters. The number of hydrogen-bond donors (Lipinski definition) is 0. The third-order valence-electron chi connectivity index (χ3n) is 8.25. The SMILES string of the molecule is c1ccc(-c2ccc(-c3nc(-c4ccc(-c5ccccc5)cc4)nc(-c4ccc(-c5cccc(-c6ccccn6)n5)cc4)n3)cc2)cc1. The van der Waals surface area contributed by atoms with Gasteiger partial charge in [0.05, 0.1) is 17.1 Å². The Balaban J connectivity index is 1.16. The molecule has 0 saturated heterocycles. The lowest BCUT2D eigenvalue weighted by atomic mass is 10.0. The maximum Gasteiger partial charge on any atom is 0.164 e. The predicted molar refractivity (Wildman–Crippen MR) is 193 cm³/mol. The van der Waals surface area contributed by atoms with Crippen LogP contribution in [0.3, 0.4) is 0 Å². The minimum absolute atomic E-state index is 0.607. The molecule has 0 fully saturated rings. The van der Waals surface area contributed by atoms with Crippen molar-refractivity contribution in [2.75, 3.05) is 0 Å². The average molecular weight is 616 g/mol. The molecule has 8 aromatic rings. The first-order valence-electron chi connectivity index (χ1n) is 15.8. The van der Waals surface area contributed by atoms with E-state index in [0.29, 0.717) is 17.5 Å². The highest BCUT2D eigenvalue weighted by Crippen LogP contribution is 2.30. The van der Waals surface area contributed by atoms with Crippen molar-refractivity contribution in [1.82, 2.24) is 24.9 Å². The van der Waals surface area contributed by atoms with Crippen molar-refractivity contribution in [3.63, 3.8) is 0 Å². The van der Waals surface area contributed by atoms with Gasteiger partial charge in [0.15, 0.2) is 17.5 Å². The first-order chi connectivity index (χ1) is 23.8. The summed E-state index contributed by atoms with van der Waals surface area (Å²) in [4.78, 5) is 24.3. The van der Waals surface area contributed by atoms with Crippen molar-refractivity contribution < 1.29 is 0 Å². The zero-order valence-electron chi connectivity index (χ0n) is 26.0. The van der Waals surface area contributed by atoms with E-state index in [9.17, 15) is 0 Å². The summed E-state index contributed by atoms with van der Waals surface area (Å²) in [7, 11) is 0. The van der Waals surface area contributed by atoms with Crippen LogP contribution in [-0.4, -0.2) is 24.9 Å². The summed E-state index contributed by atoms with van der Waals surface area (Å²) in [5.41, 5.74) is 10.9. The van der Waals surface area contributed by atoms with Crippen LogP contribution in [0.5, 0.6) is 0 Å². The number of benzene rings is 5. The molecule has 0 radical (unpaired) electrons. The minimum Gasteiger partial charge on any atom is -0.255 e. The molecular formula is C43H29N5. The van der Waals surface area contributed by atoms with Gasteiger partial charge in [0.25, 0.3) is 0 Å². The van der Waals surface area contributed by atoms with Gasteiger partial charge in [-0.05, 0) is 46.5 Å². The van der Waals surface area contributed by atoms with E-state index in [1.54, 1.807) is 6.20 Å². The molecule has 226 valence electrons. The number of nitrogens with zero attached hydrogens (tertiary/aromatic N) is 5. The zero-order chi connectivity index (χ0) is 32.1. The van der Waals surface area contributed by atoms with Crippen LogP contribution in [0.4, 0.5) is 0 Å². The van der Waals surface area contributed by atoms with Gasteiger partial charge in [0.1, 0.15) is 0 Å². The topological polar surface area (TPSA) is 64.5 Å². The quantitative estimate of drug-likeness (QED) is 0.178. The number of pyridine rings is 2. The van der Waals surface area contributed by atoms with E-state index < -0.39 is 0 Å². The van der Waals surface area contributed by atoms with Crippen LogP contribution in [0.25, 0.3) is 79.1 Å². The molecule has 3 heterocycles. The maximum absolute atomic E-state index is 4.98. The lowest BCUT2D eigenvalue weighted by molar-refractivity contribution is 1.07. The monoisotopic (exact) mass is 615 g/mol. The molecule has 0 N–H and O–H groups in total. The van der Waals surface area contributed by atoms with Crippen LogP contribution in [0.2, 0.25) is 0 Å². The summed E-state index contributed by atoms with van der Waals surface area (Å²) in [6, 6.07) is 57.5. The Morgan fingerprint density at radius 3 is 1.06 bits per heavy atom. The first kappa shape index (κ1) is 28.9. The van der Waals surface area contributed by atoms with Gasteiger partial charge in [0, 0.05) is 28.5 Å². The van der Waals surface area contributed by atoms with Gasteiger partial charge >= 0.3 is 0 Å². The maximum atomic E-state index is 4.98. The molecule has 48 heavy (non-hydrogen) atoms. The summed E-state index contributed by atoms with van der Waals surface area (Å²) >= 11 is 0. The fourth-order valence-electron chi connectivity index (χ4n) is 5.69. The molecule has 5 heteroatoms. The van der Waals surface area contributed by atoms with E-state index in [1.165, 1.54) is 11.1 Å². The van der Waals surface area contributed by atoms with Gasteiger partial charge in [0.2, 0.25) is 0 Å². The highest BCUT2D eigenvalue weighted by atomic mass is 15.0. The molecule has 5 aromatic carbocycles. The van der Waals surface area contributed by atoms with Gasteiger partial charge in [-0.25, -0.2) is 19.9 Å². The largest absolute Gasteiger partial charge is 0.255 e. The third kappa shape index (κ3) is 6.13. The molecular weight excluding hydrogens is 587 g/mol. The smallest absolute Gasteiger partial charge is 0.164 e. The molecule has 0 spiro atoms. The number of hydrogen-bond acceptors (Lipinski definition) is 5. The van der Waals surface area contributed by atoms with E-state index in [1.807, 2.05) is 60.7 Å². The van der Waals surface area contributed by atoms with Gasteiger partial charge in [-0.1, -0.05) is 146 Å². The summed E-state index contributed by atoms with van der Waals surface area (Å²) < 4.78 is 0. The second kappa shape index (κ2) is 13.0. The molecule has 0 aliphatic rings. The minimum atomic E-state index is 0.607. The Morgan fingerprint density at radius 1 is 0.229 bits per heavy atom. The van der Waals surface area contributed by atoms with Crippen LogP contribution in [-0.2, 0) is 0 Å². The Labute approximate surface area is 279 Å². The molecule has 8 rings (SSSR count). The summed E-state index contributed by atoms with van der Waals surface area (Å²) in [5, 5.41) is 0. The van der Waals surface area contributed by atoms with E-state index in [4.69, 9.17) is 19.9 Å². The fraction of sp³-hybridized carbons (Fsp3) is 0.